The minimum Gasteiger partial charge on any atom is -0.497 e. The van der Waals surface area contributed by atoms with Crippen LogP contribution in [0, 0.1) is 0 Å². The third kappa shape index (κ3) is 3.41. The number of benzene rings is 1. The number of aromatic nitrogens is 1. The molecule has 1 aliphatic rings. The molecule has 2 N–H and O–H groups in total. The van der Waals surface area contributed by atoms with Crippen molar-refractivity contribution in [1.29, 1.82) is 0 Å². The largest absolute Gasteiger partial charge is 0.497 e. The molecule has 0 aliphatic carbocycles. The Morgan fingerprint density at radius 2 is 2.00 bits per heavy atom. The lowest BCUT2D eigenvalue weighted by Crippen LogP contribution is -2.48. The Bertz CT molecular complexity index is 715. The average Bonchev–Trinajstić information content (AvgIpc) is 2.61. The zero-order valence-electron chi connectivity index (χ0n) is 14.1. The number of piperidine rings is 1. The van der Waals surface area contributed by atoms with E-state index in [4.69, 9.17) is 10.5 Å². The molecule has 5 heteroatoms. The van der Waals surface area contributed by atoms with Gasteiger partial charge in [0.05, 0.1) is 12.7 Å². The van der Waals surface area contributed by atoms with Gasteiger partial charge in [-0.2, -0.15) is 0 Å². The first-order chi connectivity index (χ1) is 11.6. The maximum Gasteiger partial charge on any atom is 0.255 e. The summed E-state index contributed by atoms with van der Waals surface area (Å²) in [7, 11) is 1.64. The maximum absolute atomic E-state index is 12.8. The lowest BCUT2D eigenvalue weighted by molar-refractivity contribution is 0.0618. The SMILES string of the molecule is COc1ccc(-c2cncc(C(=O)N3CC[C@H](N)C[C@@H]3C)c2)cc1. The minimum atomic E-state index is 0.0252. The number of carbonyl (C=O) groups excluding carboxylic acids is 1. The molecule has 1 amide bonds. The third-order valence-corrected chi connectivity index (χ3v) is 4.59. The molecule has 5 nitrogen and oxygen atoms in total. The highest BCUT2D eigenvalue weighted by Crippen LogP contribution is 2.24. The van der Waals surface area contributed by atoms with E-state index in [0.717, 1.165) is 29.7 Å². The molecule has 1 saturated heterocycles. The van der Waals surface area contributed by atoms with Crippen LogP contribution < -0.4 is 10.5 Å². The maximum atomic E-state index is 12.8. The normalized spacial score (nSPS) is 20.7. The molecule has 2 heterocycles. The number of methoxy groups -OCH3 is 1. The highest BCUT2D eigenvalue weighted by molar-refractivity contribution is 5.95. The van der Waals surface area contributed by atoms with Crippen LogP contribution in [-0.2, 0) is 0 Å². The first-order valence-corrected chi connectivity index (χ1v) is 8.24. The Morgan fingerprint density at radius 1 is 1.25 bits per heavy atom. The van der Waals surface area contributed by atoms with Crippen LogP contribution in [0.1, 0.15) is 30.1 Å². The zero-order valence-corrected chi connectivity index (χ0v) is 14.1. The fourth-order valence-corrected chi connectivity index (χ4v) is 3.17. The van der Waals surface area contributed by atoms with Crippen molar-refractivity contribution >= 4 is 5.91 Å². The van der Waals surface area contributed by atoms with Crippen molar-refractivity contribution < 1.29 is 9.53 Å². The van der Waals surface area contributed by atoms with Gasteiger partial charge in [0.25, 0.3) is 5.91 Å². The van der Waals surface area contributed by atoms with Gasteiger partial charge < -0.3 is 15.4 Å². The highest BCUT2D eigenvalue weighted by atomic mass is 16.5. The summed E-state index contributed by atoms with van der Waals surface area (Å²) in [5.41, 5.74) is 8.53. The van der Waals surface area contributed by atoms with E-state index in [2.05, 4.69) is 11.9 Å². The number of likely N-dealkylation sites (tertiary alicyclic amines) is 1. The molecule has 0 radical (unpaired) electrons. The van der Waals surface area contributed by atoms with Gasteiger partial charge in [-0.05, 0) is 43.5 Å². The van der Waals surface area contributed by atoms with Crippen LogP contribution in [0.15, 0.2) is 42.7 Å². The van der Waals surface area contributed by atoms with Gasteiger partial charge in [0.1, 0.15) is 5.75 Å². The second-order valence-corrected chi connectivity index (χ2v) is 6.32. The Hall–Kier alpha value is -2.40. The molecule has 2 aromatic rings. The molecular weight excluding hydrogens is 302 g/mol. The van der Waals surface area contributed by atoms with Gasteiger partial charge in [0.15, 0.2) is 0 Å². The van der Waals surface area contributed by atoms with E-state index in [1.165, 1.54) is 0 Å². The summed E-state index contributed by atoms with van der Waals surface area (Å²) in [5, 5.41) is 0. The van der Waals surface area contributed by atoms with Crippen molar-refractivity contribution in [2.45, 2.75) is 31.8 Å². The fourth-order valence-electron chi connectivity index (χ4n) is 3.17. The summed E-state index contributed by atoms with van der Waals surface area (Å²) >= 11 is 0. The van der Waals surface area contributed by atoms with E-state index < -0.39 is 0 Å². The molecule has 0 spiro atoms. The minimum absolute atomic E-state index is 0.0252. The number of hydrogen-bond donors (Lipinski definition) is 1. The topological polar surface area (TPSA) is 68.5 Å². The smallest absolute Gasteiger partial charge is 0.255 e. The van der Waals surface area contributed by atoms with Gasteiger partial charge in [-0.1, -0.05) is 12.1 Å². The molecular formula is C19H23N3O2. The molecule has 1 aromatic carbocycles. The van der Waals surface area contributed by atoms with Crippen molar-refractivity contribution in [3.8, 4) is 16.9 Å². The van der Waals surface area contributed by atoms with Crippen molar-refractivity contribution in [2.75, 3.05) is 13.7 Å². The Morgan fingerprint density at radius 3 is 2.67 bits per heavy atom. The predicted octanol–water partition coefficient (Wildman–Crippen LogP) is 2.71. The number of nitrogens with two attached hydrogens (primary N) is 1. The summed E-state index contributed by atoms with van der Waals surface area (Å²) < 4.78 is 5.18. The van der Waals surface area contributed by atoms with Crippen molar-refractivity contribution in [1.82, 2.24) is 9.88 Å². The fraction of sp³-hybridized carbons (Fsp3) is 0.368. The Labute approximate surface area is 142 Å². The molecule has 0 saturated carbocycles. The van der Waals surface area contributed by atoms with E-state index in [9.17, 15) is 4.79 Å². The second kappa shape index (κ2) is 7.01. The number of rotatable bonds is 3. The van der Waals surface area contributed by atoms with Gasteiger partial charge in [-0.3, -0.25) is 9.78 Å². The summed E-state index contributed by atoms with van der Waals surface area (Å²) in [4.78, 5) is 19.0. The van der Waals surface area contributed by atoms with Crippen LogP contribution >= 0.6 is 0 Å². The Balaban J connectivity index is 1.83. The number of amides is 1. The van der Waals surface area contributed by atoms with E-state index in [0.29, 0.717) is 12.1 Å². The van der Waals surface area contributed by atoms with Crippen LogP contribution in [0.5, 0.6) is 5.75 Å². The molecule has 1 aliphatic heterocycles. The van der Waals surface area contributed by atoms with Crippen LogP contribution in [0.3, 0.4) is 0 Å². The molecule has 3 rings (SSSR count). The van der Waals surface area contributed by atoms with Crippen LogP contribution in [0.2, 0.25) is 0 Å². The van der Waals surface area contributed by atoms with Gasteiger partial charge in [-0.15, -0.1) is 0 Å². The summed E-state index contributed by atoms with van der Waals surface area (Å²) in [5.74, 6) is 0.828. The van der Waals surface area contributed by atoms with Crippen LogP contribution in [-0.4, -0.2) is 41.5 Å². The van der Waals surface area contributed by atoms with Crippen molar-refractivity contribution in [3.63, 3.8) is 0 Å². The summed E-state index contributed by atoms with van der Waals surface area (Å²) in [6.07, 6.45) is 5.10. The number of nitrogens with zero attached hydrogens (tertiary/aromatic N) is 2. The summed E-state index contributed by atoms with van der Waals surface area (Å²) in [6.45, 7) is 2.76. The van der Waals surface area contributed by atoms with E-state index in [-0.39, 0.29) is 18.0 Å². The van der Waals surface area contributed by atoms with Gasteiger partial charge in [0, 0.05) is 36.6 Å². The first kappa shape index (κ1) is 16.5. The van der Waals surface area contributed by atoms with Gasteiger partial charge in [0.2, 0.25) is 0 Å². The molecule has 126 valence electrons. The molecule has 1 fully saturated rings. The molecule has 24 heavy (non-hydrogen) atoms. The third-order valence-electron chi connectivity index (χ3n) is 4.59. The number of carbonyl (C=O) groups is 1. The number of hydrogen-bond acceptors (Lipinski definition) is 4. The average molecular weight is 325 g/mol. The Kier molecular flexibility index (Phi) is 4.81. The second-order valence-electron chi connectivity index (χ2n) is 6.32. The van der Waals surface area contributed by atoms with Crippen molar-refractivity contribution in [2.24, 2.45) is 5.73 Å². The summed E-state index contributed by atoms with van der Waals surface area (Å²) in [6, 6.07) is 9.98. The quantitative estimate of drug-likeness (QED) is 0.942. The monoisotopic (exact) mass is 325 g/mol. The standard InChI is InChI=1S/C19H23N3O2/c1-13-9-17(20)7-8-22(13)19(23)16-10-15(11-21-12-16)14-3-5-18(24-2)6-4-14/h3-6,10-13,17H,7-9,20H2,1-2H3/t13-,17-/m0/s1. The molecule has 1 aromatic heterocycles. The van der Waals surface area contributed by atoms with Crippen LogP contribution in [0.25, 0.3) is 11.1 Å². The molecule has 0 unspecified atom stereocenters. The van der Waals surface area contributed by atoms with E-state index in [1.807, 2.05) is 35.2 Å². The first-order valence-electron chi connectivity index (χ1n) is 8.24. The highest BCUT2D eigenvalue weighted by Gasteiger charge is 2.27. The van der Waals surface area contributed by atoms with Crippen LogP contribution in [0.4, 0.5) is 0 Å². The van der Waals surface area contributed by atoms with Crippen molar-refractivity contribution in [3.05, 3.63) is 48.3 Å². The lowest BCUT2D eigenvalue weighted by Gasteiger charge is -2.36. The molecule has 0 bridgehead atoms. The predicted molar refractivity (Wildman–Crippen MR) is 93.9 cm³/mol. The van der Waals surface area contributed by atoms with Gasteiger partial charge in [-0.25, -0.2) is 0 Å². The number of pyridine rings is 1. The van der Waals surface area contributed by atoms with E-state index in [1.54, 1.807) is 19.5 Å². The number of ether oxygens (including phenoxy) is 1. The molecule has 2 atom stereocenters. The van der Waals surface area contributed by atoms with Gasteiger partial charge >= 0.3 is 0 Å². The zero-order chi connectivity index (χ0) is 17.1. The lowest BCUT2D eigenvalue weighted by atomic mass is 9.98. The van der Waals surface area contributed by atoms with E-state index >= 15 is 0 Å².